The summed E-state index contributed by atoms with van der Waals surface area (Å²) in [4.78, 5) is 11.5. The molecule has 0 heterocycles. The number of sulfonamides is 1. The first-order valence-corrected chi connectivity index (χ1v) is 10.2. The highest BCUT2D eigenvalue weighted by molar-refractivity contribution is 7.93. The maximum Gasteiger partial charge on any atom is 0.266 e. The van der Waals surface area contributed by atoms with E-state index in [-0.39, 0.29) is 20.6 Å². The van der Waals surface area contributed by atoms with E-state index in [4.69, 9.17) is 39.5 Å². The molecule has 0 aliphatic carbocycles. The van der Waals surface area contributed by atoms with E-state index in [1.165, 1.54) is 37.3 Å². The first-order chi connectivity index (χ1) is 12.2. The molecule has 0 radical (unpaired) electrons. The van der Waals surface area contributed by atoms with E-state index in [1.54, 1.807) is 12.1 Å². The highest BCUT2D eigenvalue weighted by Crippen LogP contribution is 2.33. The van der Waals surface area contributed by atoms with E-state index in [9.17, 15) is 13.2 Å². The van der Waals surface area contributed by atoms with Gasteiger partial charge in [0.25, 0.3) is 10.0 Å². The van der Waals surface area contributed by atoms with Crippen LogP contribution in [-0.4, -0.2) is 26.3 Å². The van der Waals surface area contributed by atoms with Gasteiger partial charge >= 0.3 is 0 Å². The van der Waals surface area contributed by atoms with Crippen LogP contribution in [0.5, 0.6) is 5.75 Å². The molecule has 0 spiro atoms. The fraction of sp³-hybridized carbons (Fsp3) is 0.235. The van der Waals surface area contributed by atoms with E-state index in [2.05, 4.69) is 0 Å². The summed E-state index contributed by atoms with van der Waals surface area (Å²) >= 11 is 17.6. The van der Waals surface area contributed by atoms with Gasteiger partial charge in [-0.15, -0.1) is 0 Å². The van der Waals surface area contributed by atoms with Crippen molar-refractivity contribution in [3.63, 3.8) is 0 Å². The van der Waals surface area contributed by atoms with Crippen molar-refractivity contribution in [2.45, 2.75) is 24.8 Å². The molecule has 0 amide bonds. The molecule has 2 aromatic carbocycles. The Hall–Kier alpha value is -1.47. The highest BCUT2D eigenvalue weighted by Gasteiger charge is 2.34. The Labute approximate surface area is 167 Å². The Kier molecular flexibility index (Phi) is 6.80. The Morgan fingerprint density at radius 1 is 1.15 bits per heavy atom. The van der Waals surface area contributed by atoms with Gasteiger partial charge in [0.05, 0.1) is 17.3 Å². The van der Waals surface area contributed by atoms with E-state index >= 15 is 0 Å². The summed E-state index contributed by atoms with van der Waals surface area (Å²) in [5.41, 5.74) is 0.242. The van der Waals surface area contributed by atoms with Crippen molar-refractivity contribution in [1.29, 1.82) is 0 Å². The van der Waals surface area contributed by atoms with Crippen LogP contribution in [0.25, 0.3) is 0 Å². The van der Waals surface area contributed by atoms with Gasteiger partial charge in [0, 0.05) is 5.02 Å². The van der Waals surface area contributed by atoms with Crippen LogP contribution in [0.2, 0.25) is 10.0 Å². The molecule has 1 unspecified atom stereocenters. The van der Waals surface area contributed by atoms with Gasteiger partial charge in [-0.05, 0) is 67.9 Å². The maximum atomic E-state index is 13.2. The van der Waals surface area contributed by atoms with Crippen molar-refractivity contribution >= 4 is 55.8 Å². The van der Waals surface area contributed by atoms with E-state index in [0.29, 0.717) is 12.4 Å². The number of carbonyl (C=O) groups is 1. The fourth-order valence-electron chi connectivity index (χ4n) is 2.30. The number of ether oxygens (including phenoxy) is 1. The largest absolute Gasteiger partial charge is 0.494 e. The van der Waals surface area contributed by atoms with Crippen molar-refractivity contribution in [1.82, 2.24) is 0 Å². The summed E-state index contributed by atoms with van der Waals surface area (Å²) in [6.45, 7) is 3.69. The zero-order chi connectivity index (χ0) is 19.5. The molecular weight excluding hydrogens is 421 g/mol. The van der Waals surface area contributed by atoms with Crippen molar-refractivity contribution in [3.8, 4) is 5.75 Å². The number of hydrogen-bond donors (Lipinski definition) is 0. The number of benzene rings is 2. The monoisotopic (exact) mass is 435 g/mol. The summed E-state index contributed by atoms with van der Waals surface area (Å²) < 4.78 is 32.7. The van der Waals surface area contributed by atoms with Gasteiger partial charge < -0.3 is 4.74 Å². The molecule has 0 N–H and O–H groups in total. The van der Waals surface area contributed by atoms with Crippen molar-refractivity contribution in [2.75, 3.05) is 10.9 Å². The summed E-state index contributed by atoms with van der Waals surface area (Å²) in [5, 5.41) is -0.648. The molecule has 140 valence electrons. The molecule has 0 saturated heterocycles. The highest BCUT2D eigenvalue weighted by atomic mass is 35.5. The lowest BCUT2D eigenvalue weighted by molar-refractivity contribution is -0.112. The number of nitrogens with zero attached hydrogens (tertiary/aromatic N) is 1. The molecular formula is C17H16Cl3NO4S. The standard InChI is InChI=1S/C17H16Cl3NO4S/c1-3-25-14-7-5-13(6-8-14)21(11(2)17(20)22)26(23,24)16-10-12(18)4-9-15(16)19/h4-11H,3H2,1-2H3. The number of rotatable bonds is 7. The Balaban J connectivity index is 2.60. The third-order valence-electron chi connectivity index (χ3n) is 3.51. The minimum Gasteiger partial charge on any atom is -0.494 e. The summed E-state index contributed by atoms with van der Waals surface area (Å²) in [6.07, 6.45) is 0. The fourth-order valence-corrected chi connectivity index (χ4v) is 4.82. The Morgan fingerprint density at radius 3 is 2.31 bits per heavy atom. The summed E-state index contributed by atoms with van der Waals surface area (Å²) in [5.74, 6) is 0.569. The molecule has 0 fully saturated rings. The Bertz CT molecular complexity index is 901. The zero-order valence-corrected chi connectivity index (χ0v) is 17.0. The number of anilines is 1. The first-order valence-electron chi connectivity index (χ1n) is 7.60. The van der Waals surface area contributed by atoms with Crippen LogP contribution in [0.1, 0.15) is 13.8 Å². The van der Waals surface area contributed by atoms with Gasteiger partial charge in [-0.1, -0.05) is 23.2 Å². The maximum absolute atomic E-state index is 13.2. The third-order valence-corrected chi connectivity index (χ3v) is 6.44. The zero-order valence-electron chi connectivity index (χ0n) is 13.9. The molecule has 2 aromatic rings. The van der Waals surface area contributed by atoms with Crippen LogP contribution in [0.15, 0.2) is 47.4 Å². The van der Waals surface area contributed by atoms with Crippen LogP contribution < -0.4 is 9.04 Å². The molecule has 0 bridgehead atoms. The molecule has 5 nitrogen and oxygen atoms in total. The second-order valence-corrected chi connectivity index (χ2v) is 8.28. The van der Waals surface area contributed by atoms with Gasteiger partial charge in [0.15, 0.2) is 0 Å². The van der Waals surface area contributed by atoms with Gasteiger partial charge in [0.2, 0.25) is 5.24 Å². The number of hydrogen-bond acceptors (Lipinski definition) is 4. The molecule has 0 aliphatic rings. The van der Waals surface area contributed by atoms with Crippen LogP contribution in [0.3, 0.4) is 0 Å². The lowest BCUT2D eigenvalue weighted by atomic mass is 10.2. The number of carbonyl (C=O) groups excluding carboxylic acids is 1. The molecule has 0 aromatic heterocycles. The minimum absolute atomic E-state index is 0.0143. The molecule has 2 rings (SSSR count). The summed E-state index contributed by atoms with van der Waals surface area (Å²) in [6, 6.07) is 9.18. The van der Waals surface area contributed by atoms with Gasteiger partial charge in [-0.25, -0.2) is 8.42 Å². The van der Waals surface area contributed by atoms with Crippen LogP contribution in [0, 0.1) is 0 Å². The average Bonchev–Trinajstić information content (AvgIpc) is 2.58. The molecule has 9 heteroatoms. The van der Waals surface area contributed by atoms with Crippen LogP contribution in [-0.2, 0) is 14.8 Å². The van der Waals surface area contributed by atoms with E-state index in [0.717, 1.165) is 4.31 Å². The van der Waals surface area contributed by atoms with Crippen molar-refractivity contribution < 1.29 is 17.9 Å². The molecule has 26 heavy (non-hydrogen) atoms. The van der Waals surface area contributed by atoms with E-state index in [1.807, 2.05) is 6.92 Å². The second kappa shape index (κ2) is 8.48. The van der Waals surface area contributed by atoms with Crippen molar-refractivity contribution in [3.05, 3.63) is 52.5 Å². The predicted octanol–water partition coefficient (Wildman–Crippen LogP) is 4.74. The smallest absolute Gasteiger partial charge is 0.266 e. The van der Waals surface area contributed by atoms with E-state index < -0.39 is 21.3 Å². The van der Waals surface area contributed by atoms with Gasteiger partial charge in [0.1, 0.15) is 16.7 Å². The molecule has 0 aliphatic heterocycles. The topological polar surface area (TPSA) is 63.7 Å². The second-order valence-electron chi connectivity index (χ2n) is 5.28. The van der Waals surface area contributed by atoms with Crippen molar-refractivity contribution in [2.24, 2.45) is 0 Å². The normalized spacial score (nSPS) is 12.5. The van der Waals surface area contributed by atoms with Crippen LogP contribution >= 0.6 is 34.8 Å². The lowest BCUT2D eigenvalue weighted by Gasteiger charge is -2.28. The SMILES string of the molecule is CCOc1ccc(N(C(C)C(=O)Cl)S(=O)(=O)c2cc(Cl)ccc2Cl)cc1. The predicted molar refractivity (Wildman–Crippen MR) is 104 cm³/mol. The summed E-state index contributed by atoms with van der Waals surface area (Å²) in [7, 11) is -4.21. The average molecular weight is 437 g/mol. The number of halogens is 3. The molecule has 1 atom stereocenters. The molecule has 0 saturated carbocycles. The van der Waals surface area contributed by atoms with Gasteiger partial charge in [-0.2, -0.15) is 0 Å². The third kappa shape index (κ3) is 4.43. The Morgan fingerprint density at radius 2 is 1.77 bits per heavy atom. The minimum atomic E-state index is -4.21. The quantitative estimate of drug-likeness (QED) is 0.588. The first kappa shape index (κ1) is 20.8. The van der Waals surface area contributed by atoms with Gasteiger partial charge in [-0.3, -0.25) is 9.10 Å². The lowest BCUT2D eigenvalue weighted by Crippen LogP contribution is -2.42. The van der Waals surface area contributed by atoms with Crippen LogP contribution in [0.4, 0.5) is 5.69 Å².